The second-order valence-electron chi connectivity index (χ2n) is 10.1. The number of alkyl halides is 3. The molecule has 1 aromatic heterocycles. The maximum absolute atomic E-state index is 13.4. The Hall–Kier alpha value is -3.81. The van der Waals surface area contributed by atoms with E-state index in [2.05, 4.69) is 4.98 Å². The lowest BCUT2D eigenvalue weighted by atomic mass is 10.0. The summed E-state index contributed by atoms with van der Waals surface area (Å²) in [5.74, 6) is 1.39. The van der Waals surface area contributed by atoms with Crippen LogP contribution >= 0.6 is 0 Å². The van der Waals surface area contributed by atoms with Crippen molar-refractivity contribution >= 4 is 16.9 Å². The number of fused-ring (bicyclic) bond motifs is 1. The predicted molar refractivity (Wildman–Crippen MR) is 135 cm³/mol. The Labute approximate surface area is 212 Å². The van der Waals surface area contributed by atoms with Gasteiger partial charge in [0.15, 0.2) is 0 Å². The van der Waals surface area contributed by atoms with Crippen LogP contribution in [0.15, 0.2) is 66.7 Å². The summed E-state index contributed by atoms with van der Waals surface area (Å²) < 4.78 is 42.2. The number of hydrogen-bond donors (Lipinski definition) is 1. The van der Waals surface area contributed by atoms with Gasteiger partial charge in [0.1, 0.15) is 11.6 Å². The van der Waals surface area contributed by atoms with E-state index in [1.165, 1.54) is 6.07 Å². The zero-order chi connectivity index (χ0) is 25.7. The summed E-state index contributed by atoms with van der Waals surface area (Å²) in [5.41, 5.74) is 2.78. The number of imidazole rings is 1. The number of benzene rings is 3. The van der Waals surface area contributed by atoms with Gasteiger partial charge >= 0.3 is 6.18 Å². The fourth-order valence-corrected chi connectivity index (χ4v) is 5.24. The SMILES string of the molecule is O=C(C1CC1)N1CC[C@@H](Cn2c(-c3ccc(-c4cccc(O)c4)cc3)nc3cc(C(F)(F)F)ccc32)C1. The molecule has 1 amide bonds. The second-order valence-corrected chi connectivity index (χ2v) is 10.1. The minimum Gasteiger partial charge on any atom is -0.508 e. The first-order chi connectivity index (χ1) is 17.8. The third-order valence-electron chi connectivity index (χ3n) is 7.36. The zero-order valence-electron chi connectivity index (χ0n) is 20.1. The quantitative estimate of drug-likeness (QED) is 0.344. The maximum atomic E-state index is 13.4. The first kappa shape index (κ1) is 23.6. The number of carbonyl (C=O) groups excluding carboxylic acids is 1. The molecule has 2 aliphatic rings. The number of phenols is 1. The van der Waals surface area contributed by atoms with Gasteiger partial charge in [0.25, 0.3) is 0 Å². The highest BCUT2D eigenvalue weighted by atomic mass is 19.4. The molecule has 3 aromatic carbocycles. The normalized spacial score (nSPS) is 18.0. The largest absolute Gasteiger partial charge is 0.508 e. The summed E-state index contributed by atoms with van der Waals surface area (Å²) in [6, 6.07) is 18.3. The lowest BCUT2D eigenvalue weighted by Gasteiger charge is -2.18. The molecule has 0 bridgehead atoms. The Kier molecular flexibility index (Phi) is 5.70. The Morgan fingerprint density at radius 2 is 1.70 bits per heavy atom. The highest BCUT2D eigenvalue weighted by Crippen LogP contribution is 2.36. The highest BCUT2D eigenvalue weighted by Gasteiger charge is 2.37. The minimum absolute atomic E-state index is 0.175. The molecular weight excluding hydrogens is 479 g/mol. The Bertz CT molecular complexity index is 1470. The zero-order valence-corrected chi connectivity index (χ0v) is 20.1. The maximum Gasteiger partial charge on any atom is 0.416 e. The van der Waals surface area contributed by atoms with Crippen LogP contribution in [-0.4, -0.2) is 38.6 Å². The van der Waals surface area contributed by atoms with Gasteiger partial charge < -0.3 is 14.6 Å². The van der Waals surface area contributed by atoms with Crippen LogP contribution in [0.2, 0.25) is 0 Å². The topological polar surface area (TPSA) is 58.4 Å². The number of amides is 1. The van der Waals surface area contributed by atoms with Crippen molar-refractivity contribution in [3.05, 3.63) is 72.3 Å². The van der Waals surface area contributed by atoms with Crippen molar-refractivity contribution in [2.45, 2.75) is 32.0 Å². The summed E-state index contributed by atoms with van der Waals surface area (Å²) in [7, 11) is 0. The van der Waals surface area contributed by atoms with Crippen molar-refractivity contribution in [3.63, 3.8) is 0 Å². The summed E-state index contributed by atoms with van der Waals surface area (Å²) >= 11 is 0. The van der Waals surface area contributed by atoms with E-state index in [0.717, 1.165) is 54.6 Å². The third kappa shape index (κ3) is 4.68. The first-order valence-corrected chi connectivity index (χ1v) is 12.5. The average Bonchev–Trinajstić information content (AvgIpc) is 3.53. The van der Waals surface area contributed by atoms with E-state index in [1.807, 2.05) is 39.8 Å². The summed E-state index contributed by atoms with van der Waals surface area (Å²) in [4.78, 5) is 19.1. The second kappa shape index (κ2) is 8.94. The van der Waals surface area contributed by atoms with Crippen LogP contribution in [0.1, 0.15) is 24.8 Å². The molecule has 1 aliphatic heterocycles. The molecule has 1 saturated carbocycles. The molecule has 1 saturated heterocycles. The third-order valence-corrected chi connectivity index (χ3v) is 7.36. The van der Waals surface area contributed by atoms with Gasteiger partial charge in [-0.15, -0.1) is 0 Å². The van der Waals surface area contributed by atoms with Gasteiger partial charge in [0.05, 0.1) is 16.6 Å². The van der Waals surface area contributed by atoms with Gasteiger partial charge in [-0.25, -0.2) is 4.98 Å². The van der Waals surface area contributed by atoms with E-state index in [0.29, 0.717) is 29.9 Å². The number of hydrogen-bond acceptors (Lipinski definition) is 3. The van der Waals surface area contributed by atoms with Crippen molar-refractivity contribution in [2.24, 2.45) is 11.8 Å². The Morgan fingerprint density at radius 1 is 0.946 bits per heavy atom. The van der Waals surface area contributed by atoms with Crippen LogP contribution in [0.3, 0.4) is 0 Å². The molecule has 2 fully saturated rings. The smallest absolute Gasteiger partial charge is 0.416 e. The highest BCUT2D eigenvalue weighted by molar-refractivity contribution is 5.82. The fourth-order valence-electron chi connectivity index (χ4n) is 5.24. The molecule has 8 heteroatoms. The summed E-state index contributed by atoms with van der Waals surface area (Å²) in [6.45, 7) is 1.95. The molecular formula is C29H26F3N3O2. The molecule has 4 aromatic rings. The molecule has 0 radical (unpaired) electrons. The van der Waals surface area contributed by atoms with Crippen molar-refractivity contribution < 1.29 is 23.1 Å². The van der Waals surface area contributed by atoms with Gasteiger partial charge in [-0.05, 0) is 66.6 Å². The first-order valence-electron chi connectivity index (χ1n) is 12.5. The van der Waals surface area contributed by atoms with Crippen molar-refractivity contribution in [1.82, 2.24) is 14.5 Å². The number of likely N-dealkylation sites (tertiary alicyclic amines) is 1. The van der Waals surface area contributed by atoms with E-state index in [9.17, 15) is 23.1 Å². The lowest BCUT2D eigenvalue weighted by Crippen LogP contribution is -2.30. The Morgan fingerprint density at radius 3 is 2.41 bits per heavy atom. The van der Waals surface area contributed by atoms with Gasteiger partial charge in [0, 0.05) is 31.1 Å². The van der Waals surface area contributed by atoms with E-state index < -0.39 is 11.7 Å². The lowest BCUT2D eigenvalue weighted by molar-refractivity contribution is -0.137. The molecule has 1 aliphatic carbocycles. The summed E-state index contributed by atoms with van der Waals surface area (Å²) in [5, 5.41) is 9.81. The number of aromatic hydroxyl groups is 1. The minimum atomic E-state index is -4.45. The van der Waals surface area contributed by atoms with E-state index in [1.54, 1.807) is 18.2 Å². The van der Waals surface area contributed by atoms with Crippen LogP contribution in [0, 0.1) is 11.8 Å². The molecule has 1 atom stereocenters. The fraction of sp³-hybridized carbons (Fsp3) is 0.310. The molecule has 5 nitrogen and oxygen atoms in total. The number of aromatic nitrogens is 2. The molecule has 190 valence electrons. The van der Waals surface area contributed by atoms with E-state index >= 15 is 0 Å². The molecule has 1 N–H and O–H groups in total. The molecule has 0 unspecified atom stereocenters. The van der Waals surface area contributed by atoms with Crippen molar-refractivity contribution in [3.8, 4) is 28.3 Å². The van der Waals surface area contributed by atoms with E-state index in [-0.39, 0.29) is 23.5 Å². The van der Waals surface area contributed by atoms with Crippen LogP contribution in [0.25, 0.3) is 33.5 Å². The van der Waals surface area contributed by atoms with Crippen LogP contribution < -0.4 is 0 Å². The average molecular weight is 506 g/mol. The molecule has 6 rings (SSSR count). The van der Waals surface area contributed by atoms with Crippen molar-refractivity contribution in [1.29, 1.82) is 0 Å². The summed E-state index contributed by atoms with van der Waals surface area (Å²) in [6.07, 6.45) is -1.66. The molecule has 37 heavy (non-hydrogen) atoms. The molecule has 0 spiro atoms. The van der Waals surface area contributed by atoms with E-state index in [4.69, 9.17) is 0 Å². The predicted octanol–water partition coefficient (Wildman–Crippen LogP) is 6.35. The van der Waals surface area contributed by atoms with Gasteiger partial charge in [-0.3, -0.25) is 4.79 Å². The number of halogens is 3. The molecule has 2 heterocycles. The van der Waals surface area contributed by atoms with Gasteiger partial charge in [0.2, 0.25) is 5.91 Å². The Balaban J connectivity index is 1.35. The monoisotopic (exact) mass is 505 g/mol. The van der Waals surface area contributed by atoms with Gasteiger partial charge in [-0.1, -0.05) is 36.4 Å². The number of phenolic OH excluding ortho intramolecular Hbond substituents is 1. The number of nitrogens with zero attached hydrogens (tertiary/aromatic N) is 3. The standard InChI is InChI=1S/C29H26F3N3O2/c30-29(31,32)23-10-11-26-25(15-23)33-27(20-6-4-19(5-7-20)22-2-1-3-24(36)14-22)35(26)17-18-12-13-34(16-18)28(37)21-8-9-21/h1-7,10-11,14-15,18,21,36H,8-9,12-13,16-17H2/t18-/m1/s1. The van der Waals surface area contributed by atoms with Crippen molar-refractivity contribution in [2.75, 3.05) is 13.1 Å². The van der Waals surface area contributed by atoms with Crippen LogP contribution in [0.4, 0.5) is 13.2 Å². The number of carbonyl (C=O) groups is 1. The van der Waals surface area contributed by atoms with Crippen LogP contribution in [0.5, 0.6) is 5.75 Å². The van der Waals surface area contributed by atoms with Crippen LogP contribution in [-0.2, 0) is 17.5 Å². The number of rotatable bonds is 5. The van der Waals surface area contributed by atoms with Gasteiger partial charge in [-0.2, -0.15) is 13.2 Å².